The second kappa shape index (κ2) is 6.70. The van der Waals surface area contributed by atoms with E-state index in [0.717, 1.165) is 16.2 Å². The van der Waals surface area contributed by atoms with Crippen LogP contribution in [0.15, 0.2) is 59.3 Å². The monoisotopic (exact) mass is 376 g/mol. The summed E-state index contributed by atoms with van der Waals surface area (Å²) < 4.78 is 27.5. The van der Waals surface area contributed by atoms with Crippen LogP contribution in [0.3, 0.4) is 0 Å². The fourth-order valence-corrected chi connectivity index (χ4v) is 2.31. The summed E-state index contributed by atoms with van der Waals surface area (Å²) in [4.78, 5) is 8.15. The Hall–Kier alpha value is -2.54. The lowest BCUT2D eigenvalue weighted by molar-refractivity contribution is 0.586. The lowest BCUT2D eigenvalue weighted by Crippen LogP contribution is -2.00. The predicted octanol–water partition coefficient (Wildman–Crippen LogP) is 5.00. The smallest absolute Gasteiger partial charge is 0.149 e. The molecule has 0 saturated heterocycles. The van der Waals surface area contributed by atoms with E-state index in [1.165, 1.54) is 18.5 Å². The largest absolute Gasteiger partial charge is 0.339 e. The zero-order valence-corrected chi connectivity index (χ0v) is 13.3. The van der Waals surface area contributed by atoms with Crippen molar-refractivity contribution in [3.05, 3.63) is 71.0 Å². The van der Waals surface area contributed by atoms with Crippen LogP contribution in [0, 0.1) is 11.6 Å². The van der Waals surface area contributed by atoms with Crippen LogP contribution in [-0.4, -0.2) is 9.97 Å². The molecule has 1 heterocycles. The molecule has 0 atom stereocenters. The molecule has 0 spiro atoms. The molecule has 2 N–H and O–H groups in total. The van der Waals surface area contributed by atoms with E-state index in [4.69, 9.17) is 0 Å². The van der Waals surface area contributed by atoms with E-state index in [1.807, 2.05) is 24.3 Å². The van der Waals surface area contributed by atoms with Crippen molar-refractivity contribution in [3.8, 4) is 0 Å². The average molecular weight is 377 g/mol. The maximum absolute atomic E-state index is 13.7. The molecule has 0 saturated carbocycles. The molecule has 7 heteroatoms. The van der Waals surface area contributed by atoms with Gasteiger partial charge in [0.1, 0.15) is 29.6 Å². The number of halogens is 3. The Kier molecular flexibility index (Phi) is 4.47. The van der Waals surface area contributed by atoms with Crippen molar-refractivity contribution in [1.29, 1.82) is 0 Å². The van der Waals surface area contributed by atoms with Crippen LogP contribution in [-0.2, 0) is 0 Å². The highest BCUT2D eigenvalue weighted by Crippen LogP contribution is 2.26. The third kappa shape index (κ3) is 3.81. The van der Waals surface area contributed by atoms with Gasteiger partial charge in [-0.1, -0.05) is 12.1 Å². The molecule has 23 heavy (non-hydrogen) atoms. The zero-order chi connectivity index (χ0) is 16.2. The fraction of sp³-hybridized carbons (Fsp3) is 0. The van der Waals surface area contributed by atoms with E-state index in [-0.39, 0.29) is 5.69 Å². The van der Waals surface area contributed by atoms with Crippen molar-refractivity contribution < 1.29 is 8.78 Å². The van der Waals surface area contributed by atoms with Crippen LogP contribution in [0.5, 0.6) is 0 Å². The molecule has 0 aliphatic carbocycles. The first kappa shape index (κ1) is 15.4. The second-order valence-electron chi connectivity index (χ2n) is 4.64. The molecule has 116 valence electrons. The maximum atomic E-state index is 13.7. The average Bonchev–Trinajstić information content (AvgIpc) is 2.53. The molecule has 4 nitrogen and oxygen atoms in total. The quantitative estimate of drug-likeness (QED) is 0.672. The Morgan fingerprint density at radius 3 is 2.22 bits per heavy atom. The van der Waals surface area contributed by atoms with Gasteiger partial charge in [-0.05, 0) is 40.2 Å². The van der Waals surface area contributed by atoms with Gasteiger partial charge in [-0.15, -0.1) is 0 Å². The molecular formula is C16H11BrF2N4. The molecule has 0 aliphatic heterocycles. The Bertz CT molecular complexity index is 842. The topological polar surface area (TPSA) is 49.8 Å². The third-order valence-corrected chi connectivity index (χ3v) is 3.69. The van der Waals surface area contributed by atoms with Gasteiger partial charge in [0.05, 0.1) is 11.4 Å². The predicted molar refractivity (Wildman–Crippen MR) is 89.1 cm³/mol. The summed E-state index contributed by atoms with van der Waals surface area (Å²) in [7, 11) is 0. The summed E-state index contributed by atoms with van der Waals surface area (Å²) in [6, 6.07) is 12.5. The lowest BCUT2D eigenvalue weighted by Gasteiger charge is -2.10. The SMILES string of the molecule is Fc1ccc(Nc2cc(Nc3ccccc3Br)ncn2)c(F)c1. The van der Waals surface area contributed by atoms with Crippen LogP contribution in [0.1, 0.15) is 0 Å². The molecule has 0 aliphatic rings. The van der Waals surface area contributed by atoms with Gasteiger partial charge in [0.15, 0.2) is 0 Å². The summed E-state index contributed by atoms with van der Waals surface area (Å²) >= 11 is 3.44. The van der Waals surface area contributed by atoms with Crippen molar-refractivity contribution in [2.24, 2.45) is 0 Å². The van der Waals surface area contributed by atoms with Crippen LogP contribution in [0.4, 0.5) is 31.8 Å². The van der Waals surface area contributed by atoms with Crippen LogP contribution in [0.2, 0.25) is 0 Å². The van der Waals surface area contributed by atoms with Gasteiger partial charge in [-0.3, -0.25) is 0 Å². The molecule has 0 bridgehead atoms. The van der Waals surface area contributed by atoms with E-state index in [2.05, 4.69) is 36.5 Å². The van der Waals surface area contributed by atoms with Gasteiger partial charge in [-0.2, -0.15) is 0 Å². The number of nitrogens with one attached hydrogen (secondary N) is 2. The van der Waals surface area contributed by atoms with E-state index >= 15 is 0 Å². The Balaban J connectivity index is 1.81. The highest BCUT2D eigenvalue weighted by atomic mass is 79.9. The first-order valence-electron chi connectivity index (χ1n) is 6.67. The molecule has 3 aromatic rings. The minimum absolute atomic E-state index is 0.136. The van der Waals surface area contributed by atoms with Gasteiger partial charge < -0.3 is 10.6 Å². The third-order valence-electron chi connectivity index (χ3n) is 3.00. The van der Waals surface area contributed by atoms with E-state index in [0.29, 0.717) is 11.6 Å². The summed E-state index contributed by atoms with van der Waals surface area (Å²) in [6.07, 6.45) is 1.35. The minimum atomic E-state index is -0.691. The first-order valence-corrected chi connectivity index (χ1v) is 7.47. The number of hydrogen-bond donors (Lipinski definition) is 2. The molecule has 2 aromatic carbocycles. The van der Waals surface area contributed by atoms with Crippen LogP contribution >= 0.6 is 15.9 Å². The summed E-state index contributed by atoms with van der Waals surface area (Å²) in [5.41, 5.74) is 0.974. The number of nitrogens with zero attached hydrogens (tertiary/aromatic N) is 2. The van der Waals surface area contributed by atoms with Crippen molar-refractivity contribution >= 4 is 38.9 Å². The van der Waals surface area contributed by atoms with Gasteiger partial charge >= 0.3 is 0 Å². The second-order valence-corrected chi connectivity index (χ2v) is 5.50. The van der Waals surface area contributed by atoms with Crippen LogP contribution < -0.4 is 10.6 Å². The highest BCUT2D eigenvalue weighted by molar-refractivity contribution is 9.10. The van der Waals surface area contributed by atoms with Crippen molar-refractivity contribution in [2.75, 3.05) is 10.6 Å². The highest BCUT2D eigenvalue weighted by Gasteiger charge is 2.06. The van der Waals surface area contributed by atoms with Crippen molar-refractivity contribution in [2.45, 2.75) is 0 Å². The molecule has 0 unspecified atom stereocenters. The first-order chi connectivity index (χ1) is 11.1. The van der Waals surface area contributed by atoms with E-state index < -0.39 is 11.6 Å². The molecular weight excluding hydrogens is 366 g/mol. The maximum Gasteiger partial charge on any atom is 0.149 e. The molecule has 0 amide bonds. The lowest BCUT2D eigenvalue weighted by atomic mass is 10.3. The van der Waals surface area contributed by atoms with Crippen molar-refractivity contribution in [3.63, 3.8) is 0 Å². The number of aromatic nitrogens is 2. The summed E-state index contributed by atoms with van der Waals surface area (Å²) in [5.74, 6) is -0.395. The summed E-state index contributed by atoms with van der Waals surface area (Å²) in [5, 5.41) is 5.93. The zero-order valence-electron chi connectivity index (χ0n) is 11.7. The Labute approximate surface area is 139 Å². The number of anilines is 4. The molecule has 0 fully saturated rings. The Morgan fingerprint density at radius 2 is 1.52 bits per heavy atom. The standard InChI is InChI=1S/C16H11BrF2N4/c17-11-3-1-2-4-13(11)22-15-8-16(21-9-20-15)23-14-6-5-10(18)7-12(14)19/h1-9H,(H2,20,21,22,23). The molecule has 1 aromatic heterocycles. The number of rotatable bonds is 4. The molecule has 3 rings (SSSR count). The van der Waals surface area contributed by atoms with Gasteiger partial charge in [0.25, 0.3) is 0 Å². The minimum Gasteiger partial charge on any atom is -0.339 e. The fourth-order valence-electron chi connectivity index (χ4n) is 1.92. The molecule has 0 radical (unpaired) electrons. The summed E-state index contributed by atoms with van der Waals surface area (Å²) in [6.45, 7) is 0. The van der Waals surface area contributed by atoms with Gasteiger partial charge in [-0.25, -0.2) is 18.7 Å². The van der Waals surface area contributed by atoms with Crippen LogP contribution in [0.25, 0.3) is 0 Å². The van der Waals surface area contributed by atoms with Gasteiger partial charge in [0.2, 0.25) is 0 Å². The normalized spacial score (nSPS) is 10.4. The van der Waals surface area contributed by atoms with Gasteiger partial charge in [0, 0.05) is 16.6 Å². The van der Waals surface area contributed by atoms with E-state index in [1.54, 1.807) is 6.07 Å². The van der Waals surface area contributed by atoms with E-state index in [9.17, 15) is 8.78 Å². The number of benzene rings is 2. The number of hydrogen-bond acceptors (Lipinski definition) is 4. The Morgan fingerprint density at radius 1 is 0.826 bits per heavy atom. The number of para-hydroxylation sites is 1. The van der Waals surface area contributed by atoms with Crippen molar-refractivity contribution in [1.82, 2.24) is 9.97 Å².